The van der Waals surface area contributed by atoms with Gasteiger partial charge in [-0.1, -0.05) is 47.5 Å². The molecule has 2 rings (SSSR count). The van der Waals surface area contributed by atoms with Crippen LogP contribution in [0.3, 0.4) is 0 Å². The molecule has 0 nitrogen and oxygen atoms in total. The highest BCUT2D eigenvalue weighted by molar-refractivity contribution is 7.50. The van der Waals surface area contributed by atoms with Gasteiger partial charge < -0.3 is 0 Å². The van der Waals surface area contributed by atoms with Crippen LogP contribution in [0.4, 0.5) is 0 Å². The Kier molecular flexibility index (Phi) is 8.00. The molecule has 0 spiro atoms. The van der Waals surface area contributed by atoms with Crippen LogP contribution in [0, 0.1) is 13.8 Å². The molecule has 0 atom stereocenters. The molecule has 0 aliphatic rings. The summed E-state index contributed by atoms with van der Waals surface area (Å²) in [6, 6.07) is 13.6. The largest absolute Gasteiger partial charge is 0.278 e. The van der Waals surface area contributed by atoms with Crippen LogP contribution in [0.5, 0.6) is 0 Å². The molecule has 126 valence electrons. The Morgan fingerprint density at radius 2 is 1.39 bits per heavy atom. The number of rotatable bonds is 2. The number of halogens is 5. The first-order valence-electron chi connectivity index (χ1n) is 7.00. The molecule has 2 aromatic rings. The van der Waals surface area contributed by atoms with Crippen LogP contribution < -0.4 is 10.4 Å². The van der Waals surface area contributed by atoms with E-state index in [0.29, 0.717) is 5.02 Å². The SMILES string of the molecule is C[Si](Cl)(Cl)c1cccc(Cl)c1.Cc1ccc([Si](C)(Cl)Cl)c(C)c1. The van der Waals surface area contributed by atoms with Crippen molar-refractivity contribution >= 4 is 79.7 Å². The summed E-state index contributed by atoms with van der Waals surface area (Å²) in [6.45, 7) is 3.53. The molecule has 0 saturated heterocycles. The fourth-order valence-corrected chi connectivity index (χ4v) is 6.27. The lowest BCUT2D eigenvalue weighted by molar-refractivity contribution is 1.41. The van der Waals surface area contributed by atoms with E-state index in [4.69, 9.17) is 55.9 Å². The van der Waals surface area contributed by atoms with Crippen LogP contribution in [0.25, 0.3) is 0 Å². The monoisotopic (exact) mass is 442 g/mol. The van der Waals surface area contributed by atoms with Crippen molar-refractivity contribution in [2.24, 2.45) is 0 Å². The van der Waals surface area contributed by atoms with Gasteiger partial charge in [-0.25, -0.2) is 0 Å². The maximum Gasteiger partial charge on any atom is 0.278 e. The average Bonchev–Trinajstić information content (AvgIpc) is 2.36. The molecule has 0 unspecified atom stereocenters. The van der Waals surface area contributed by atoms with Crippen LogP contribution in [0.15, 0.2) is 42.5 Å². The third-order valence-electron chi connectivity index (χ3n) is 3.19. The summed E-state index contributed by atoms with van der Waals surface area (Å²) in [4.78, 5) is 0. The Balaban J connectivity index is 0.000000231. The second-order valence-corrected chi connectivity index (χ2v) is 20.9. The Morgan fingerprint density at radius 3 is 1.78 bits per heavy atom. The number of hydrogen-bond acceptors (Lipinski definition) is 0. The predicted octanol–water partition coefficient (Wildman–Crippen LogP) is 6.16. The highest BCUT2D eigenvalue weighted by Gasteiger charge is 2.25. The molecule has 0 heterocycles. The minimum absolute atomic E-state index is 0.683. The van der Waals surface area contributed by atoms with Crippen molar-refractivity contribution in [3.8, 4) is 0 Å². The fourth-order valence-electron chi connectivity index (χ4n) is 2.07. The first-order valence-corrected chi connectivity index (χ1v) is 16.4. The van der Waals surface area contributed by atoms with E-state index in [1.165, 1.54) is 11.1 Å². The van der Waals surface area contributed by atoms with Crippen LogP contribution in [-0.2, 0) is 0 Å². The van der Waals surface area contributed by atoms with Gasteiger partial charge in [0.2, 0.25) is 0 Å². The Bertz CT molecular complexity index is 660. The van der Waals surface area contributed by atoms with E-state index in [1.807, 2.05) is 37.4 Å². The zero-order chi connectivity index (χ0) is 17.8. The molecule has 0 aliphatic carbocycles. The van der Waals surface area contributed by atoms with Gasteiger partial charge in [0, 0.05) is 5.02 Å². The van der Waals surface area contributed by atoms with Gasteiger partial charge in [0.1, 0.15) is 0 Å². The molecule has 0 N–H and O–H groups in total. The topological polar surface area (TPSA) is 0 Å². The summed E-state index contributed by atoms with van der Waals surface area (Å²) in [5.74, 6) is 0. The first kappa shape index (κ1) is 21.4. The molecule has 0 aromatic heterocycles. The molecule has 0 aliphatic heterocycles. The molecule has 0 radical (unpaired) electrons. The van der Waals surface area contributed by atoms with Gasteiger partial charge in [0.25, 0.3) is 13.4 Å². The minimum Gasteiger partial charge on any atom is -0.140 e. The quantitative estimate of drug-likeness (QED) is 0.384. The van der Waals surface area contributed by atoms with E-state index in [9.17, 15) is 0 Å². The maximum absolute atomic E-state index is 6.12. The summed E-state index contributed by atoms with van der Waals surface area (Å²) in [5, 5.41) is 2.76. The van der Waals surface area contributed by atoms with Crippen molar-refractivity contribution in [1.82, 2.24) is 0 Å². The lowest BCUT2D eigenvalue weighted by atomic mass is 10.2. The highest BCUT2D eigenvalue weighted by atomic mass is 35.7. The third-order valence-corrected chi connectivity index (χ3v) is 8.78. The molecular weight excluding hydrogens is 426 g/mol. The Labute approximate surface area is 164 Å². The summed E-state index contributed by atoms with van der Waals surface area (Å²) < 4.78 is 0. The van der Waals surface area contributed by atoms with Crippen molar-refractivity contribution in [3.05, 3.63) is 58.6 Å². The van der Waals surface area contributed by atoms with Gasteiger partial charge in [-0.15, -0.1) is 44.3 Å². The van der Waals surface area contributed by atoms with Crippen molar-refractivity contribution in [1.29, 1.82) is 0 Å². The van der Waals surface area contributed by atoms with Gasteiger partial charge >= 0.3 is 0 Å². The van der Waals surface area contributed by atoms with Crippen LogP contribution in [-0.4, -0.2) is 13.4 Å². The third kappa shape index (κ3) is 7.39. The standard InChI is InChI=1S/C9H12Cl2Si.C7H7Cl3Si/c1-7-4-5-9(8(2)6-7)12(3,10)11;1-11(9,10)7-4-2-3-6(8)5-7/h4-6H,1-3H3;2-5H,1H3. The molecule has 7 heteroatoms. The van der Waals surface area contributed by atoms with Gasteiger partial charge in [0.15, 0.2) is 0 Å². The molecule has 0 fully saturated rings. The van der Waals surface area contributed by atoms with Gasteiger partial charge in [-0.2, -0.15) is 0 Å². The van der Waals surface area contributed by atoms with E-state index >= 15 is 0 Å². The predicted molar refractivity (Wildman–Crippen MR) is 113 cm³/mol. The summed E-state index contributed by atoms with van der Waals surface area (Å²) in [6.07, 6.45) is 0. The highest BCUT2D eigenvalue weighted by Crippen LogP contribution is 2.17. The number of aryl methyl sites for hydroxylation is 2. The van der Waals surface area contributed by atoms with E-state index < -0.39 is 13.4 Å². The summed E-state index contributed by atoms with van der Waals surface area (Å²) in [7, 11) is 0. The summed E-state index contributed by atoms with van der Waals surface area (Å²) >= 11 is 29.9. The van der Waals surface area contributed by atoms with E-state index in [2.05, 4.69) is 26.0 Å². The minimum atomic E-state index is -2.20. The molecule has 23 heavy (non-hydrogen) atoms. The maximum atomic E-state index is 6.12. The van der Waals surface area contributed by atoms with E-state index in [-0.39, 0.29) is 0 Å². The van der Waals surface area contributed by atoms with Gasteiger partial charge in [0.05, 0.1) is 0 Å². The van der Waals surface area contributed by atoms with Crippen molar-refractivity contribution in [3.63, 3.8) is 0 Å². The van der Waals surface area contributed by atoms with E-state index in [0.717, 1.165) is 10.4 Å². The Morgan fingerprint density at radius 1 is 0.783 bits per heavy atom. The molecule has 2 aromatic carbocycles. The molecule has 0 bridgehead atoms. The first-order chi connectivity index (χ1) is 10.4. The smallest absolute Gasteiger partial charge is 0.140 e. The van der Waals surface area contributed by atoms with Crippen LogP contribution in [0.1, 0.15) is 11.1 Å². The van der Waals surface area contributed by atoms with Crippen molar-refractivity contribution in [2.45, 2.75) is 26.9 Å². The average molecular weight is 445 g/mol. The second kappa shape index (κ2) is 8.62. The normalized spacial score (nSPS) is 11.7. The Hall–Kier alpha value is 0.324. The lowest BCUT2D eigenvalue weighted by Crippen LogP contribution is -2.34. The summed E-state index contributed by atoms with van der Waals surface area (Å²) in [5.41, 5.74) is 2.46. The molecule has 0 amide bonds. The molecular formula is C16H19Cl5Si2. The van der Waals surface area contributed by atoms with Crippen LogP contribution in [0.2, 0.25) is 18.1 Å². The van der Waals surface area contributed by atoms with Crippen molar-refractivity contribution in [2.75, 3.05) is 0 Å². The van der Waals surface area contributed by atoms with Crippen molar-refractivity contribution < 1.29 is 0 Å². The van der Waals surface area contributed by atoms with E-state index in [1.54, 1.807) is 6.07 Å². The number of benzene rings is 2. The lowest BCUT2D eigenvalue weighted by Gasteiger charge is -2.14. The fraction of sp³-hybridized carbons (Fsp3) is 0.250. The van der Waals surface area contributed by atoms with Gasteiger partial charge in [-0.05, 0) is 55.0 Å². The van der Waals surface area contributed by atoms with Crippen LogP contribution >= 0.6 is 55.9 Å². The van der Waals surface area contributed by atoms with Gasteiger partial charge in [-0.3, -0.25) is 0 Å². The zero-order valence-electron chi connectivity index (χ0n) is 13.4. The number of hydrogen-bond donors (Lipinski definition) is 0. The molecule has 0 saturated carbocycles. The zero-order valence-corrected chi connectivity index (χ0v) is 19.2. The second-order valence-electron chi connectivity index (χ2n) is 5.61.